The summed E-state index contributed by atoms with van der Waals surface area (Å²) in [4.78, 5) is 0. The molecule has 0 amide bonds. The van der Waals surface area contributed by atoms with Gasteiger partial charge in [0, 0.05) is 0 Å². The van der Waals surface area contributed by atoms with Gasteiger partial charge in [0.2, 0.25) is 0 Å². The van der Waals surface area contributed by atoms with E-state index in [2.05, 4.69) is 43.3 Å². The van der Waals surface area contributed by atoms with Gasteiger partial charge in [-0.1, -0.05) is 60.2 Å². The first-order valence-corrected chi connectivity index (χ1v) is 8.94. The van der Waals surface area contributed by atoms with Gasteiger partial charge in [-0.3, -0.25) is 0 Å². The zero-order valence-electron chi connectivity index (χ0n) is 15.1. The molecule has 2 nitrogen and oxygen atoms in total. The minimum absolute atomic E-state index is 0.776. The largest absolute Gasteiger partial charge is 0.457 e. The molecule has 0 bridgehead atoms. The van der Waals surface area contributed by atoms with Gasteiger partial charge in [-0.15, -0.1) is 0 Å². The zero-order chi connectivity index (χ0) is 18.5. The second kappa shape index (κ2) is 7.79. The Balaban J connectivity index is 1.42. The topological polar surface area (TPSA) is 18.5 Å². The van der Waals surface area contributed by atoms with Gasteiger partial charge >= 0.3 is 0 Å². The van der Waals surface area contributed by atoms with Crippen LogP contribution >= 0.6 is 0 Å². The third-order valence-corrected chi connectivity index (χ3v) is 4.28. The van der Waals surface area contributed by atoms with E-state index in [0.29, 0.717) is 0 Å². The SMILES string of the molecule is Cc1ccc(-c2ccc(Oc3ccc(Oc4ccccc4)cc3)cc2)cc1. The van der Waals surface area contributed by atoms with Crippen LogP contribution in [0.1, 0.15) is 5.56 Å². The summed E-state index contributed by atoms with van der Waals surface area (Å²) < 4.78 is 11.7. The number of aryl methyl sites for hydroxylation is 1. The molecule has 0 spiro atoms. The van der Waals surface area contributed by atoms with Crippen LogP contribution in [0.2, 0.25) is 0 Å². The minimum Gasteiger partial charge on any atom is -0.457 e. The molecule has 27 heavy (non-hydrogen) atoms. The molecule has 0 fully saturated rings. The standard InChI is InChI=1S/C25H20O2/c1-19-7-9-20(10-8-19)21-11-13-23(14-12-21)27-25-17-15-24(16-18-25)26-22-5-3-2-4-6-22/h2-18H,1H3. The quantitative estimate of drug-likeness (QED) is 0.377. The molecule has 4 aromatic carbocycles. The van der Waals surface area contributed by atoms with Crippen LogP contribution < -0.4 is 9.47 Å². The Bertz CT molecular complexity index is 987. The summed E-state index contributed by atoms with van der Waals surface area (Å²) in [5, 5.41) is 0. The fourth-order valence-electron chi connectivity index (χ4n) is 2.80. The number of benzene rings is 4. The van der Waals surface area contributed by atoms with Crippen molar-refractivity contribution in [3.05, 3.63) is 109 Å². The monoisotopic (exact) mass is 352 g/mol. The van der Waals surface area contributed by atoms with Crippen LogP contribution in [0.3, 0.4) is 0 Å². The molecule has 0 N–H and O–H groups in total. The van der Waals surface area contributed by atoms with Crippen LogP contribution in [0, 0.1) is 6.92 Å². The van der Waals surface area contributed by atoms with E-state index in [1.54, 1.807) is 0 Å². The van der Waals surface area contributed by atoms with Crippen molar-refractivity contribution in [2.75, 3.05) is 0 Å². The zero-order valence-corrected chi connectivity index (χ0v) is 15.1. The number of hydrogen-bond donors (Lipinski definition) is 0. The van der Waals surface area contributed by atoms with Crippen molar-refractivity contribution in [1.29, 1.82) is 0 Å². The maximum absolute atomic E-state index is 5.94. The molecule has 0 heterocycles. The summed E-state index contributed by atoms with van der Waals surface area (Å²) in [6.07, 6.45) is 0. The van der Waals surface area contributed by atoms with Gasteiger partial charge < -0.3 is 9.47 Å². The van der Waals surface area contributed by atoms with Crippen LogP contribution in [0.15, 0.2) is 103 Å². The lowest BCUT2D eigenvalue weighted by Gasteiger charge is -2.09. The molecule has 0 saturated carbocycles. The predicted octanol–water partition coefficient (Wildman–Crippen LogP) is 7.25. The van der Waals surface area contributed by atoms with E-state index in [1.807, 2.05) is 66.7 Å². The fourth-order valence-corrected chi connectivity index (χ4v) is 2.80. The van der Waals surface area contributed by atoms with Gasteiger partial charge in [-0.2, -0.15) is 0 Å². The van der Waals surface area contributed by atoms with Gasteiger partial charge in [-0.25, -0.2) is 0 Å². The Labute approximate surface area is 159 Å². The van der Waals surface area contributed by atoms with E-state index in [4.69, 9.17) is 9.47 Å². The Morgan fingerprint density at radius 1 is 0.407 bits per heavy atom. The van der Waals surface area contributed by atoms with Crippen molar-refractivity contribution < 1.29 is 9.47 Å². The predicted molar refractivity (Wildman–Crippen MR) is 110 cm³/mol. The first kappa shape index (κ1) is 16.9. The van der Waals surface area contributed by atoms with Gasteiger partial charge in [-0.05, 0) is 66.6 Å². The van der Waals surface area contributed by atoms with E-state index < -0.39 is 0 Å². The van der Waals surface area contributed by atoms with Crippen LogP contribution in [-0.2, 0) is 0 Å². The van der Waals surface area contributed by atoms with Crippen molar-refractivity contribution >= 4 is 0 Å². The molecule has 0 radical (unpaired) electrons. The molecule has 0 saturated heterocycles. The van der Waals surface area contributed by atoms with E-state index >= 15 is 0 Å². The summed E-state index contributed by atoms with van der Waals surface area (Å²) in [6.45, 7) is 2.09. The van der Waals surface area contributed by atoms with Crippen molar-refractivity contribution in [3.8, 4) is 34.1 Å². The Kier molecular flexibility index (Phi) is 4.88. The van der Waals surface area contributed by atoms with Crippen molar-refractivity contribution in [2.24, 2.45) is 0 Å². The highest BCUT2D eigenvalue weighted by Crippen LogP contribution is 2.28. The maximum atomic E-state index is 5.94. The lowest BCUT2D eigenvalue weighted by Crippen LogP contribution is -1.86. The van der Waals surface area contributed by atoms with Crippen molar-refractivity contribution in [2.45, 2.75) is 6.92 Å². The van der Waals surface area contributed by atoms with Gasteiger partial charge in [0.15, 0.2) is 0 Å². The second-order valence-corrected chi connectivity index (χ2v) is 6.38. The number of para-hydroxylation sites is 1. The molecule has 0 aromatic heterocycles. The lowest BCUT2D eigenvalue weighted by molar-refractivity contribution is 0.469. The summed E-state index contributed by atoms with van der Waals surface area (Å²) >= 11 is 0. The number of hydrogen-bond acceptors (Lipinski definition) is 2. The van der Waals surface area contributed by atoms with Crippen LogP contribution in [0.4, 0.5) is 0 Å². The second-order valence-electron chi connectivity index (χ2n) is 6.38. The number of rotatable bonds is 5. The van der Waals surface area contributed by atoms with Crippen molar-refractivity contribution in [3.63, 3.8) is 0 Å². The van der Waals surface area contributed by atoms with Gasteiger partial charge in [0.05, 0.1) is 0 Å². The van der Waals surface area contributed by atoms with E-state index in [1.165, 1.54) is 16.7 Å². The summed E-state index contributed by atoms with van der Waals surface area (Å²) in [6, 6.07) is 34.0. The molecule has 0 unspecified atom stereocenters. The normalized spacial score (nSPS) is 10.4. The lowest BCUT2D eigenvalue weighted by atomic mass is 10.0. The minimum atomic E-state index is 0.776. The highest BCUT2D eigenvalue weighted by atomic mass is 16.5. The molecule has 2 heteroatoms. The Morgan fingerprint density at radius 2 is 0.778 bits per heavy atom. The smallest absolute Gasteiger partial charge is 0.127 e. The van der Waals surface area contributed by atoms with E-state index in [-0.39, 0.29) is 0 Å². The molecule has 132 valence electrons. The highest BCUT2D eigenvalue weighted by molar-refractivity contribution is 5.64. The van der Waals surface area contributed by atoms with Crippen LogP contribution in [0.25, 0.3) is 11.1 Å². The van der Waals surface area contributed by atoms with E-state index in [0.717, 1.165) is 23.0 Å². The molecule has 4 aromatic rings. The molecule has 0 aliphatic carbocycles. The molecule has 4 rings (SSSR count). The molecular weight excluding hydrogens is 332 g/mol. The summed E-state index contributed by atoms with van der Waals surface area (Å²) in [7, 11) is 0. The molecule has 0 atom stereocenters. The Hall–Kier alpha value is -3.52. The third kappa shape index (κ3) is 4.36. The molecular formula is C25H20O2. The maximum Gasteiger partial charge on any atom is 0.127 e. The van der Waals surface area contributed by atoms with Crippen LogP contribution in [-0.4, -0.2) is 0 Å². The molecule has 0 aliphatic rings. The van der Waals surface area contributed by atoms with Crippen molar-refractivity contribution in [1.82, 2.24) is 0 Å². The van der Waals surface area contributed by atoms with Gasteiger partial charge in [0.1, 0.15) is 23.0 Å². The molecule has 0 aliphatic heterocycles. The summed E-state index contributed by atoms with van der Waals surface area (Å²) in [5.74, 6) is 3.18. The number of ether oxygens (including phenoxy) is 2. The summed E-state index contributed by atoms with van der Waals surface area (Å²) in [5.41, 5.74) is 3.64. The average molecular weight is 352 g/mol. The third-order valence-electron chi connectivity index (χ3n) is 4.28. The van der Waals surface area contributed by atoms with Gasteiger partial charge in [0.25, 0.3) is 0 Å². The first-order chi connectivity index (χ1) is 13.3. The fraction of sp³-hybridized carbons (Fsp3) is 0.0400. The average Bonchev–Trinajstić information content (AvgIpc) is 2.72. The Morgan fingerprint density at radius 3 is 1.26 bits per heavy atom. The first-order valence-electron chi connectivity index (χ1n) is 8.94. The highest BCUT2D eigenvalue weighted by Gasteiger charge is 2.02. The van der Waals surface area contributed by atoms with Crippen LogP contribution in [0.5, 0.6) is 23.0 Å². The van der Waals surface area contributed by atoms with E-state index in [9.17, 15) is 0 Å².